The van der Waals surface area contributed by atoms with E-state index < -0.39 is 5.60 Å². The van der Waals surface area contributed by atoms with Gasteiger partial charge in [0.1, 0.15) is 0 Å². The number of hydrogen-bond donors (Lipinski definition) is 1. The Hall–Kier alpha value is -1.13. The van der Waals surface area contributed by atoms with E-state index in [1.165, 1.54) is 10.3 Å². The first kappa shape index (κ1) is 13.8. The van der Waals surface area contributed by atoms with Crippen molar-refractivity contribution in [3.05, 3.63) is 23.8 Å². The van der Waals surface area contributed by atoms with E-state index in [4.69, 9.17) is 4.98 Å². The highest BCUT2D eigenvalue weighted by Gasteiger charge is 2.31. The van der Waals surface area contributed by atoms with Gasteiger partial charge >= 0.3 is 0 Å². The molecular weight excluding hydrogens is 268 g/mol. The molecule has 1 aliphatic heterocycles. The SMILES string of the molecule is Cc1ccc2nc(N3CCC(C(C)(C)O)CC3)sc2c1. The number of aromatic nitrogens is 1. The number of rotatable bonds is 2. The quantitative estimate of drug-likeness (QED) is 0.918. The van der Waals surface area contributed by atoms with Gasteiger partial charge in [-0.15, -0.1) is 0 Å². The first-order valence-corrected chi connectivity index (χ1v) is 8.09. The first-order chi connectivity index (χ1) is 9.43. The summed E-state index contributed by atoms with van der Waals surface area (Å²) in [4.78, 5) is 7.11. The van der Waals surface area contributed by atoms with E-state index in [0.717, 1.165) is 36.6 Å². The number of piperidine rings is 1. The van der Waals surface area contributed by atoms with Gasteiger partial charge in [0.25, 0.3) is 0 Å². The highest BCUT2D eigenvalue weighted by Crippen LogP contribution is 2.34. The van der Waals surface area contributed by atoms with Crippen LogP contribution < -0.4 is 4.90 Å². The van der Waals surface area contributed by atoms with Crippen LogP contribution in [0.3, 0.4) is 0 Å². The number of aryl methyl sites for hydroxylation is 1. The molecule has 4 heteroatoms. The second-order valence-corrected chi connectivity index (χ2v) is 7.39. The van der Waals surface area contributed by atoms with Gasteiger partial charge in [0, 0.05) is 13.1 Å². The van der Waals surface area contributed by atoms with Crippen LogP contribution in [0, 0.1) is 12.8 Å². The van der Waals surface area contributed by atoms with E-state index >= 15 is 0 Å². The Labute approximate surface area is 124 Å². The Morgan fingerprint density at radius 3 is 2.65 bits per heavy atom. The van der Waals surface area contributed by atoms with Crippen LogP contribution in [0.5, 0.6) is 0 Å². The van der Waals surface area contributed by atoms with Crippen LogP contribution in [0.15, 0.2) is 18.2 Å². The minimum absolute atomic E-state index is 0.398. The van der Waals surface area contributed by atoms with Gasteiger partial charge in [0.15, 0.2) is 5.13 Å². The molecule has 0 unspecified atom stereocenters. The molecule has 0 bridgehead atoms. The number of aliphatic hydroxyl groups is 1. The number of hydrogen-bond acceptors (Lipinski definition) is 4. The van der Waals surface area contributed by atoms with Crippen LogP contribution in [-0.2, 0) is 0 Å². The molecular formula is C16H22N2OS. The zero-order valence-electron chi connectivity index (χ0n) is 12.4. The maximum atomic E-state index is 10.1. The second kappa shape index (κ2) is 5.01. The Morgan fingerprint density at radius 1 is 1.30 bits per heavy atom. The minimum Gasteiger partial charge on any atom is -0.390 e. The lowest BCUT2D eigenvalue weighted by Crippen LogP contribution is -2.41. The van der Waals surface area contributed by atoms with Crippen molar-refractivity contribution in [1.82, 2.24) is 4.98 Å². The molecule has 1 fully saturated rings. The molecule has 2 heterocycles. The van der Waals surface area contributed by atoms with Gasteiger partial charge in [-0.05, 0) is 57.2 Å². The molecule has 3 rings (SSSR count). The first-order valence-electron chi connectivity index (χ1n) is 7.28. The fourth-order valence-electron chi connectivity index (χ4n) is 2.93. The summed E-state index contributed by atoms with van der Waals surface area (Å²) < 4.78 is 1.27. The zero-order valence-corrected chi connectivity index (χ0v) is 13.2. The van der Waals surface area contributed by atoms with Crippen LogP contribution in [-0.4, -0.2) is 28.8 Å². The Balaban J connectivity index is 1.76. The summed E-state index contributed by atoms with van der Waals surface area (Å²) in [6.45, 7) is 7.95. The molecule has 1 aromatic carbocycles. The summed E-state index contributed by atoms with van der Waals surface area (Å²) in [7, 11) is 0. The Kier molecular flexibility index (Phi) is 3.46. The largest absolute Gasteiger partial charge is 0.390 e. The molecule has 3 nitrogen and oxygen atoms in total. The maximum absolute atomic E-state index is 10.1. The highest BCUT2D eigenvalue weighted by atomic mass is 32.1. The van der Waals surface area contributed by atoms with Crippen molar-refractivity contribution >= 4 is 26.7 Å². The molecule has 0 saturated carbocycles. The van der Waals surface area contributed by atoms with E-state index in [1.807, 2.05) is 13.8 Å². The van der Waals surface area contributed by atoms with E-state index in [9.17, 15) is 5.11 Å². The number of anilines is 1. The number of nitrogens with zero attached hydrogens (tertiary/aromatic N) is 2. The van der Waals surface area contributed by atoms with Crippen LogP contribution in [0.25, 0.3) is 10.2 Å². The van der Waals surface area contributed by atoms with Crippen LogP contribution >= 0.6 is 11.3 Å². The molecule has 0 spiro atoms. The lowest BCUT2D eigenvalue weighted by atomic mass is 9.83. The van der Waals surface area contributed by atoms with Gasteiger partial charge < -0.3 is 10.0 Å². The average Bonchev–Trinajstić information content (AvgIpc) is 2.80. The lowest BCUT2D eigenvalue weighted by molar-refractivity contribution is 0.00651. The van der Waals surface area contributed by atoms with E-state index in [0.29, 0.717) is 5.92 Å². The second-order valence-electron chi connectivity index (χ2n) is 6.38. The van der Waals surface area contributed by atoms with Crippen LogP contribution in [0.4, 0.5) is 5.13 Å². The van der Waals surface area contributed by atoms with E-state index in [-0.39, 0.29) is 0 Å². The molecule has 0 atom stereocenters. The molecule has 108 valence electrons. The summed E-state index contributed by atoms with van der Waals surface area (Å²) in [6, 6.07) is 6.43. The average molecular weight is 290 g/mol. The highest BCUT2D eigenvalue weighted by molar-refractivity contribution is 7.22. The Bertz CT molecular complexity index is 606. The van der Waals surface area contributed by atoms with Crippen molar-refractivity contribution in [3.8, 4) is 0 Å². The van der Waals surface area contributed by atoms with E-state index in [1.54, 1.807) is 11.3 Å². The summed E-state index contributed by atoms with van der Waals surface area (Å²) >= 11 is 1.78. The lowest BCUT2D eigenvalue weighted by Gasteiger charge is -2.37. The molecule has 1 N–H and O–H groups in total. The number of thiazole rings is 1. The fourth-order valence-corrected chi connectivity index (χ4v) is 4.05. The molecule has 0 radical (unpaired) electrons. The van der Waals surface area contributed by atoms with Crippen molar-refractivity contribution in [2.45, 2.75) is 39.2 Å². The topological polar surface area (TPSA) is 36.4 Å². The molecule has 1 aromatic heterocycles. The monoisotopic (exact) mass is 290 g/mol. The third-order valence-corrected chi connectivity index (χ3v) is 5.38. The Morgan fingerprint density at radius 2 is 2.00 bits per heavy atom. The molecule has 0 aliphatic carbocycles. The van der Waals surface area contributed by atoms with Crippen molar-refractivity contribution in [1.29, 1.82) is 0 Å². The van der Waals surface area contributed by atoms with E-state index in [2.05, 4.69) is 30.0 Å². The molecule has 20 heavy (non-hydrogen) atoms. The van der Waals surface area contributed by atoms with Gasteiger partial charge in [0.05, 0.1) is 15.8 Å². The van der Waals surface area contributed by atoms with Crippen molar-refractivity contribution in [2.24, 2.45) is 5.92 Å². The summed E-state index contributed by atoms with van der Waals surface area (Å²) in [5.74, 6) is 0.398. The third kappa shape index (κ3) is 2.67. The maximum Gasteiger partial charge on any atom is 0.186 e. The van der Waals surface area contributed by atoms with Gasteiger partial charge in [-0.25, -0.2) is 4.98 Å². The standard InChI is InChI=1S/C16H22N2OS/c1-11-4-5-13-14(10-11)20-15(17-13)18-8-6-12(7-9-18)16(2,3)19/h4-5,10,12,19H,6-9H2,1-3H3. The zero-order chi connectivity index (χ0) is 14.3. The molecule has 2 aromatic rings. The van der Waals surface area contributed by atoms with Gasteiger partial charge in [-0.2, -0.15) is 0 Å². The van der Waals surface area contributed by atoms with Crippen molar-refractivity contribution < 1.29 is 5.11 Å². The van der Waals surface area contributed by atoms with Crippen LogP contribution in [0.1, 0.15) is 32.3 Å². The smallest absolute Gasteiger partial charge is 0.186 e. The molecule has 1 aliphatic rings. The molecule has 1 saturated heterocycles. The minimum atomic E-state index is -0.559. The normalized spacial score (nSPS) is 17.9. The summed E-state index contributed by atoms with van der Waals surface area (Å²) in [5.41, 5.74) is 1.82. The van der Waals surface area contributed by atoms with Crippen LogP contribution in [0.2, 0.25) is 0 Å². The van der Waals surface area contributed by atoms with Gasteiger partial charge in [-0.1, -0.05) is 17.4 Å². The van der Waals surface area contributed by atoms with Crippen molar-refractivity contribution in [2.75, 3.05) is 18.0 Å². The van der Waals surface area contributed by atoms with Gasteiger partial charge in [0.2, 0.25) is 0 Å². The number of fused-ring (bicyclic) bond motifs is 1. The predicted molar refractivity (Wildman–Crippen MR) is 85.6 cm³/mol. The predicted octanol–water partition coefficient (Wildman–Crippen LogP) is 3.59. The fraction of sp³-hybridized carbons (Fsp3) is 0.562. The van der Waals surface area contributed by atoms with Crippen molar-refractivity contribution in [3.63, 3.8) is 0 Å². The summed E-state index contributed by atoms with van der Waals surface area (Å²) in [5, 5.41) is 11.2. The third-order valence-electron chi connectivity index (χ3n) is 4.30. The summed E-state index contributed by atoms with van der Waals surface area (Å²) in [6.07, 6.45) is 2.08. The number of benzene rings is 1. The molecule has 0 amide bonds. The van der Waals surface area contributed by atoms with Gasteiger partial charge in [-0.3, -0.25) is 0 Å².